The molecule has 7 rings (SSSR count). The molecule has 0 saturated carbocycles. The third kappa shape index (κ3) is 5.38. The normalized spacial score (nSPS) is 11.6. The summed E-state index contributed by atoms with van der Waals surface area (Å²) in [7, 11) is 0. The van der Waals surface area contributed by atoms with Crippen LogP contribution < -0.4 is 0 Å². The number of phenols is 1. The van der Waals surface area contributed by atoms with Crippen LogP contribution in [0, 0.1) is 19.9 Å². The Morgan fingerprint density at radius 3 is 2.13 bits per heavy atom. The van der Waals surface area contributed by atoms with Gasteiger partial charge < -0.3 is 5.11 Å². The third-order valence-corrected chi connectivity index (χ3v) is 8.62. The monoisotopic (exact) mass is 767 g/mol. The van der Waals surface area contributed by atoms with E-state index in [1.54, 1.807) is 6.07 Å². The van der Waals surface area contributed by atoms with E-state index in [0.29, 0.717) is 11.4 Å². The van der Waals surface area contributed by atoms with E-state index in [1.807, 2.05) is 30.5 Å². The number of aromatic nitrogens is 3. The van der Waals surface area contributed by atoms with Crippen molar-refractivity contribution in [3.63, 3.8) is 0 Å². The fraction of sp³-hybridized carbons (Fsp3) is 0.150. The smallest absolute Gasteiger partial charge is 0.148 e. The summed E-state index contributed by atoms with van der Waals surface area (Å²) >= 11 is 0. The fourth-order valence-electron chi connectivity index (χ4n) is 6.05. The summed E-state index contributed by atoms with van der Waals surface area (Å²) in [4.78, 5) is 9.98. The summed E-state index contributed by atoms with van der Waals surface area (Å²) < 4.78 is 2.14. The Morgan fingerprint density at radius 1 is 0.711 bits per heavy atom. The van der Waals surface area contributed by atoms with E-state index in [2.05, 4.69) is 118 Å². The van der Waals surface area contributed by atoms with Gasteiger partial charge in [0.25, 0.3) is 0 Å². The van der Waals surface area contributed by atoms with Crippen molar-refractivity contribution in [2.45, 2.75) is 40.0 Å². The molecule has 0 aliphatic rings. The molecule has 7 aromatic rings. The van der Waals surface area contributed by atoms with Crippen LogP contribution in [0.15, 0.2) is 109 Å². The quantitative estimate of drug-likeness (QED) is 0.182. The van der Waals surface area contributed by atoms with Crippen molar-refractivity contribution >= 4 is 21.9 Å². The second-order valence-electron chi connectivity index (χ2n) is 12.5. The van der Waals surface area contributed by atoms with Crippen molar-refractivity contribution in [3.8, 4) is 45.1 Å². The Hall–Kier alpha value is -4.53. The van der Waals surface area contributed by atoms with Gasteiger partial charge in [0.05, 0.1) is 16.6 Å². The standard InChI is InChI=1S/C40H34N3O.Pt/c1-25-23-34(37-31(26(25)2)15-10-22-41-37)28-12-8-11-27(24-28)32-14-9-16-35-38(32)42-39(33-13-6-7-17-36(33)44)43(35)30-20-18-29(19-21-30)40(3,4)5;/h6-23,44H,1-5H3;/q-1;. The van der Waals surface area contributed by atoms with E-state index in [-0.39, 0.29) is 32.2 Å². The Morgan fingerprint density at radius 2 is 1.40 bits per heavy atom. The minimum atomic E-state index is 0. The van der Waals surface area contributed by atoms with Gasteiger partial charge in [-0.1, -0.05) is 86.0 Å². The molecule has 0 bridgehead atoms. The number of fused-ring (bicyclic) bond motifs is 2. The second kappa shape index (κ2) is 11.8. The number of benzene rings is 5. The number of pyridine rings is 1. The first kappa shape index (κ1) is 30.5. The number of imidazole rings is 1. The molecule has 2 aromatic heterocycles. The first-order valence-corrected chi connectivity index (χ1v) is 15.0. The summed E-state index contributed by atoms with van der Waals surface area (Å²) in [5.41, 5.74) is 12.2. The topological polar surface area (TPSA) is 50.9 Å². The van der Waals surface area contributed by atoms with Crippen molar-refractivity contribution in [1.29, 1.82) is 0 Å². The molecule has 0 radical (unpaired) electrons. The van der Waals surface area contributed by atoms with E-state index in [4.69, 9.17) is 9.97 Å². The average molecular weight is 768 g/mol. The molecule has 5 aromatic carbocycles. The predicted molar refractivity (Wildman–Crippen MR) is 181 cm³/mol. The molecular weight excluding hydrogens is 734 g/mol. The molecule has 1 N–H and O–H groups in total. The molecule has 0 spiro atoms. The van der Waals surface area contributed by atoms with Crippen LogP contribution in [-0.2, 0) is 26.5 Å². The van der Waals surface area contributed by atoms with Crippen molar-refractivity contribution < 1.29 is 26.2 Å². The minimum Gasteiger partial charge on any atom is -0.507 e. The molecule has 0 fully saturated rings. The van der Waals surface area contributed by atoms with Crippen LogP contribution in [-0.4, -0.2) is 19.6 Å². The van der Waals surface area contributed by atoms with Crippen LogP contribution in [0.1, 0.15) is 37.5 Å². The first-order valence-electron chi connectivity index (χ1n) is 15.0. The van der Waals surface area contributed by atoms with Crippen LogP contribution in [0.4, 0.5) is 0 Å². The minimum absolute atomic E-state index is 0. The fourth-order valence-corrected chi connectivity index (χ4v) is 6.05. The number of hydrogen-bond donors (Lipinski definition) is 1. The van der Waals surface area contributed by atoms with Crippen LogP contribution >= 0.6 is 0 Å². The van der Waals surface area contributed by atoms with Crippen molar-refractivity contribution in [3.05, 3.63) is 132 Å². The number of rotatable bonds is 4. The molecule has 5 heteroatoms. The van der Waals surface area contributed by atoms with Gasteiger partial charge in [0, 0.05) is 38.5 Å². The summed E-state index contributed by atoms with van der Waals surface area (Å²) in [6, 6.07) is 38.6. The van der Waals surface area contributed by atoms with Gasteiger partial charge in [0.1, 0.15) is 11.6 Å². The Bertz CT molecular complexity index is 2190. The number of phenolic OH excluding ortho intramolecular Hbond substituents is 1. The third-order valence-electron chi connectivity index (χ3n) is 8.62. The molecule has 0 atom stereocenters. The molecule has 0 aliphatic heterocycles. The molecular formula is C40H34N3OPt-. The van der Waals surface area contributed by atoms with Crippen LogP contribution in [0.25, 0.3) is 61.3 Å². The summed E-state index contributed by atoms with van der Waals surface area (Å²) in [5.74, 6) is 0.883. The van der Waals surface area contributed by atoms with Gasteiger partial charge in [-0.15, -0.1) is 35.4 Å². The molecule has 0 saturated heterocycles. The first-order chi connectivity index (χ1) is 21.2. The second-order valence-corrected chi connectivity index (χ2v) is 12.5. The van der Waals surface area contributed by atoms with Gasteiger partial charge in [-0.25, -0.2) is 4.98 Å². The Kier molecular flexibility index (Phi) is 7.97. The van der Waals surface area contributed by atoms with Crippen molar-refractivity contribution in [1.82, 2.24) is 14.5 Å². The molecule has 0 amide bonds. The number of nitrogens with zero attached hydrogens (tertiary/aromatic N) is 3. The number of aryl methyl sites for hydroxylation is 2. The van der Waals surface area contributed by atoms with Crippen molar-refractivity contribution in [2.24, 2.45) is 0 Å². The van der Waals surface area contributed by atoms with Gasteiger partial charge in [-0.3, -0.25) is 9.55 Å². The van der Waals surface area contributed by atoms with Crippen molar-refractivity contribution in [2.75, 3.05) is 0 Å². The largest absolute Gasteiger partial charge is 0.507 e. The SMILES string of the molecule is Cc1cc(-c2[c-]c(-c3cccc4c3nc(-c3ccccc3O)n4-c3ccc(C(C)(C)C)cc3)ccc2)c2ncccc2c1C.[Pt]. The molecule has 0 unspecified atom stereocenters. The number of hydrogen-bond acceptors (Lipinski definition) is 3. The van der Waals surface area contributed by atoms with E-state index in [0.717, 1.165) is 49.9 Å². The maximum atomic E-state index is 10.9. The van der Waals surface area contributed by atoms with E-state index in [9.17, 15) is 5.11 Å². The van der Waals surface area contributed by atoms with E-state index in [1.165, 1.54) is 16.7 Å². The van der Waals surface area contributed by atoms with Crippen LogP contribution in [0.5, 0.6) is 5.75 Å². The maximum Gasteiger partial charge on any atom is 0.148 e. The number of para-hydroxylation sites is 2. The summed E-state index contributed by atoms with van der Waals surface area (Å²) in [6.45, 7) is 11.0. The summed E-state index contributed by atoms with van der Waals surface area (Å²) in [6.07, 6.45) is 1.85. The average Bonchev–Trinajstić information content (AvgIpc) is 3.42. The Balaban J connectivity index is 0.00000357. The van der Waals surface area contributed by atoms with E-state index < -0.39 is 0 Å². The predicted octanol–water partition coefficient (Wildman–Crippen LogP) is 9.99. The van der Waals surface area contributed by atoms with Gasteiger partial charge >= 0.3 is 0 Å². The van der Waals surface area contributed by atoms with Crippen LogP contribution in [0.2, 0.25) is 0 Å². The summed E-state index contributed by atoms with van der Waals surface area (Å²) in [5, 5.41) is 12.1. The zero-order valence-corrected chi connectivity index (χ0v) is 28.3. The molecule has 2 heterocycles. The Labute approximate surface area is 278 Å². The van der Waals surface area contributed by atoms with E-state index >= 15 is 0 Å². The van der Waals surface area contributed by atoms with Gasteiger partial charge in [0.15, 0.2) is 0 Å². The zero-order valence-electron chi connectivity index (χ0n) is 26.0. The molecule has 226 valence electrons. The van der Waals surface area contributed by atoms with Gasteiger partial charge in [-0.05, 0) is 72.2 Å². The molecule has 45 heavy (non-hydrogen) atoms. The number of aromatic hydroxyl groups is 1. The zero-order chi connectivity index (χ0) is 30.6. The van der Waals surface area contributed by atoms with Crippen LogP contribution in [0.3, 0.4) is 0 Å². The van der Waals surface area contributed by atoms with Gasteiger partial charge in [0.2, 0.25) is 0 Å². The molecule has 0 aliphatic carbocycles. The van der Waals surface area contributed by atoms with Gasteiger partial charge in [-0.2, -0.15) is 0 Å². The maximum absolute atomic E-state index is 10.9. The molecule has 4 nitrogen and oxygen atoms in total.